The minimum Gasteiger partial charge on any atom is -0.493 e. The van der Waals surface area contributed by atoms with E-state index in [9.17, 15) is 4.79 Å². The highest BCUT2D eigenvalue weighted by atomic mass is 16.5. The number of amides is 1. The maximum atomic E-state index is 13.0. The van der Waals surface area contributed by atoms with E-state index in [-0.39, 0.29) is 5.91 Å². The number of nitrogens with zero attached hydrogens (tertiary/aromatic N) is 1. The fourth-order valence-corrected chi connectivity index (χ4v) is 4.48. The second kappa shape index (κ2) is 9.23. The van der Waals surface area contributed by atoms with Gasteiger partial charge in [0.05, 0.1) is 12.9 Å². The third-order valence-electron chi connectivity index (χ3n) is 6.56. The number of hydrogen-bond donors (Lipinski definition) is 0. The van der Waals surface area contributed by atoms with Gasteiger partial charge in [0.25, 0.3) is 0 Å². The van der Waals surface area contributed by atoms with Gasteiger partial charge in [-0.2, -0.15) is 0 Å². The van der Waals surface area contributed by atoms with Crippen LogP contribution in [0, 0.1) is 19.8 Å². The number of allylic oxidation sites excluding steroid dienone is 1. The van der Waals surface area contributed by atoms with Gasteiger partial charge in [-0.05, 0) is 63.7 Å². The monoisotopic (exact) mass is 431 g/mol. The molecule has 168 valence electrons. The number of piperidine rings is 1. The minimum absolute atomic E-state index is 0.0838. The number of ether oxygens (including phenoxy) is 1. The summed E-state index contributed by atoms with van der Waals surface area (Å²) >= 11 is 0. The van der Waals surface area contributed by atoms with E-state index in [1.165, 1.54) is 5.56 Å². The maximum absolute atomic E-state index is 13.0. The van der Waals surface area contributed by atoms with Crippen molar-refractivity contribution in [2.24, 2.45) is 5.92 Å². The van der Waals surface area contributed by atoms with E-state index in [4.69, 9.17) is 9.15 Å². The molecule has 0 bridgehead atoms. The first-order valence-corrected chi connectivity index (χ1v) is 11.6. The van der Waals surface area contributed by atoms with Crippen LogP contribution in [0.15, 0.2) is 47.1 Å². The van der Waals surface area contributed by atoms with E-state index in [2.05, 4.69) is 44.2 Å². The first kappa shape index (κ1) is 22.2. The summed E-state index contributed by atoms with van der Waals surface area (Å²) in [5.41, 5.74) is 7.05. The van der Waals surface area contributed by atoms with Gasteiger partial charge in [-0.25, -0.2) is 0 Å². The Morgan fingerprint density at radius 2 is 1.88 bits per heavy atom. The average Bonchev–Trinajstić information content (AvgIpc) is 3.20. The fraction of sp³-hybridized carbons (Fsp3) is 0.393. The van der Waals surface area contributed by atoms with Gasteiger partial charge in [-0.15, -0.1) is 0 Å². The van der Waals surface area contributed by atoms with Crippen LogP contribution < -0.4 is 4.74 Å². The summed E-state index contributed by atoms with van der Waals surface area (Å²) in [7, 11) is 0. The topological polar surface area (TPSA) is 42.7 Å². The van der Waals surface area contributed by atoms with Gasteiger partial charge in [0.2, 0.25) is 5.91 Å². The molecule has 3 aromatic rings. The van der Waals surface area contributed by atoms with Crippen molar-refractivity contribution in [1.29, 1.82) is 0 Å². The average molecular weight is 432 g/mol. The van der Waals surface area contributed by atoms with Crippen LogP contribution in [0.3, 0.4) is 0 Å². The van der Waals surface area contributed by atoms with Crippen LogP contribution in [0.25, 0.3) is 27.7 Å². The second-order valence-electron chi connectivity index (χ2n) is 9.04. The standard InChI is InChI=1S/C28H33NO3/c1-6-31-27-21(5)28-24(25(17-32-28)22-9-7-18(2)8-10-22)16-23(27)20(4)15-26(30)29-13-11-19(3)12-14-29/h7-10,15-17,19H,6,11-14H2,1-5H3/b20-15+. The highest BCUT2D eigenvalue weighted by molar-refractivity contribution is 6.01. The molecule has 0 N–H and O–H groups in total. The van der Waals surface area contributed by atoms with Gasteiger partial charge in [-0.3, -0.25) is 4.79 Å². The molecule has 1 amide bonds. The molecule has 0 radical (unpaired) electrons. The summed E-state index contributed by atoms with van der Waals surface area (Å²) in [5.74, 6) is 1.57. The summed E-state index contributed by atoms with van der Waals surface area (Å²) in [6.45, 7) is 12.6. The molecule has 0 aliphatic carbocycles. The largest absolute Gasteiger partial charge is 0.493 e. The lowest BCUT2D eigenvalue weighted by molar-refractivity contribution is -0.127. The van der Waals surface area contributed by atoms with E-state index in [0.717, 1.165) is 70.5 Å². The molecule has 2 aromatic carbocycles. The van der Waals surface area contributed by atoms with Gasteiger partial charge < -0.3 is 14.1 Å². The smallest absolute Gasteiger partial charge is 0.246 e. The van der Waals surface area contributed by atoms with Gasteiger partial charge in [-0.1, -0.05) is 36.8 Å². The van der Waals surface area contributed by atoms with Gasteiger partial charge in [0, 0.05) is 41.2 Å². The first-order valence-electron chi connectivity index (χ1n) is 11.6. The van der Waals surface area contributed by atoms with Gasteiger partial charge in [0.1, 0.15) is 11.3 Å². The van der Waals surface area contributed by atoms with Crippen LogP contribution in [0.1, 0.15) is 50.3 Å². The molecule has 1 saturated heterocycles. The number of likely N-dealkylation sites (tertiary alicyclic amines) is 1. The molecule has 4 nitrogen and oxygen atoms in total. The Morgan fingerprint density at radius 1 is 1.19 bits per heavy atom. The Kier molecular flexibility index (Phi) is 6.40. The van der Waals surface area contributed by atoms with Crippen LogP contribution in [-0.4, -0.2) is 30.5 Å². The van der Waals surface area contributed by atoms with Gasteiger partial charge in [0.15, 0.2) is 0 Å². The van der Waals surface area contributed by atoms with E-state index < -0.39 is 0 Å². The molecule has 0 spiro atoms. The second-order valence-corrected chi connectivity index (χ2v) is 9.04. The zero-order valence-corrected chi connectivity index (χ0v) is 19.8. The summed E-state index contributed by atoms with van der Waals surface area (Å²) in [6.07, 6.45) is 5.73. The van der Waals surface area contributed by atoms with Crippen molar-refractivity contribution in [1.82, 2.24) is 4.90 Å². The maximum Gasteiger partial charge on any atom is 0.246 e. The molecule has 0 unspecified atom stereocenters. The number of benzene rings is 2. The van der Waals surface area contributed by atoms with Crippen molar-refractivity contribution >= 4 is 22.4 Å². The van der Waals surface area contributed by atoms with Crippen molar-refractivity contribution in [2.45, 2.75) is 47.5 Å². The number of hydrogen-bond acceptors (Lipinski definition) is 3. The van der Waals surface area contributed by atoms with Crippen molar-refractivity contribution in [3.63, 3.8) is 0 Å². The van der Waals surface area contributed by atoms with Crippen LogP contribution in [0.4, 0.5) is 0 Å². The Balaban J connectivity index is 1.78. The molecule has 4 rings (SSSR count). The number of carbonyl (C=O) groups excluding carboxylic acids is 1. The zero-order chi connectivity index (χ0) is 22.8. The molecule has 4 heteroatoms. The van der Waals surface area contributed by atoms with Crippen LogP contribution in [-0.2, 0) is 4.79 Å². The molecular weight excluding hydrogens is 398 g/mol. The summed E-state index contributed by atoms with van der Waals surface area (Å²) in [4.78, 5) is 14.9. The van der Waals surface area contributed by atoms with E-state index in [1.807, 2.05) is 31.9 Å². The van der Waals surface area contributed by atoms with Crippen molar-refractivity contribution in [3.8, 4) is 16.9 Å². The van der Waals surface area contributed by atoms with Crippen molar-refractivity contribution in [2.75, 3.05) is 19.7 Å². The van der Waals surface area contributed by atoms with Crippen LogP contribution in [0.2, 0.25) is 0 Å². The molecule has 2 heterocycles. The Labute approximate surface area is 190 Å². The van der Waals surface area contributed by atoms with Crippen LogP contribution in [0.5, 0.6) is 5.75 Å². The molecule has 1 aliphatic heterocycles. The molecule has 0 saturated carbocycles. The highest BCUT2D eigenvalue weighted by Crippen LogP contribution is 2.40. The summed E-state index contributed by atoms with van der Waals surface area (Å²) in [5, 5.41) is 1.04. The van der Waals surface area contributed by atoms with Crippen molar-refractivity contribution in [3.05, 3.63) is 59.4 Å². The summed E-state index contributed by atoms with van der Waals surface area (Å²) < 4.78 is 12.0. The number of fused-ring (bicyclic) bond motifs is 1. The Hall–Kier alpha value is -3.01. The lowest BCUT2D eigenvalue weighted by Gasteiger charge is -2.29. The molecule has 32 heavy (non-hydrogen) atoms. The lowest BCUT2D eigenvalue weighted by Crippen LogP contribution is -2.36. The molecular formula is C28H33NO3. The summed E-state index contributed by atoms with van der Waals surface area (Å²) in [6, 6.07) is 10.6. The van der Waals surface area contributed by atoms with Gasteiger partial charge >= 0.3 is 0 Å². The first-order chi connectivity index (χ1) is 15.4. The molecule has 1 aromatic heterocycles. The molecule has 1 fully saturated rings. The molecule has 0 atom stereocenters. The fourth-order valence-electron chi connectivity index (χ4n) is 4.48. The molecule has 1 aliphatic rings. The van der Waals surface area contributed by atoms with E-state index >= 15 is 0 Å². The number of rotatable bonds is 5. The SMILES string of the molecule is CCOc1c(/C(C)=C/C(=O)N2CCC(C)CC2)cc2c(-c3ccc(C)cc3)coc2c1C. The predicted molar refractivity (Wildman–Crippen MR) is 131 cm³/mol. The van der Waals surface area contributed by atoms with E-state index in [1.54, 1.807) is 6.08 Å². The van der Waals surface area contributed by atoms with E-state index in [0.29, 0.717) is 12.5 Å². The number of furan rings is 1. The lowest BCUT2D eigenvalue weighted by atomic mass is 9.95. The quantitative estimate of drug-likeness (QED) is 0.418. The predicted octanol–water partition coefficient (Wildman–Crippen LogP) is 6.78. The number of carbonyl (C=O) groups is 1. The minimum atomic E-state index is 0.0838. The Morgan fingerprint density at radius 3 is 2.53 bits per heavy atom. The normalized spacial score (nSPS) is 15.4. The number of aryl methyl sites for hydroxylation is 2. The highest BCUT2D eigenvalue weighted by Gasteiger charge is 2.22. The van der Waals surface area contributed by atoms with Crippen LogP contribution >= 0.6 is 0 Å². The third-order valence-corrected chi connectivity index (χ3v) is 6.56. The van der Waals surface area contributed by atoms with Crippen molar-refractivity contribution < 1.29 is 13.9 Å². The third kappa shape index (κ3) is 4.32. The zero-order valence-electron chi connectivity index (χ0n) is 19.8. The Bertz CT molecular complexity index is 1150.